The van der Waals surface area contributed by atoms with Crippen molar-refractivity contribution in [3.8, 4) is 11.5 Å². The van der Waals surface area contributed by atoms with Crippen LogP contribution < -0.4 is 14.8 Å². The summed E-state index contributed by atoms with van der Waals surface area (Å²) in [5, 5.41) is 3.34. The Hall–Kier alpha value is -2.27. The van der Waals surface area contributed by atoms with Crippen LogP contribution in [0.15, 0.2) is 48.5 Å². The zero-order valence-corrected chi connectivity index (χ0v) is 13.2. The molecule has 0 bridgehead atoms. The SMILES string of the molecule is O=C(CCOc1ccccc1F)NCCOc1ccc(Cl)cc1. The Morgan fingerprint density at radius 2 is 1.78 bits per heavy atom. The highest BCUT2D eigenvalue weighted by atomic mass is 35.5. The van der Waals surface area contributed by atoms with Crippen molar-refractivity contribution >= 4 is 17.5 Å². The number of halogens is 2. The molecule has 23 heavy (non-hydrogen) atoms. The van der Waals surface area contributed by atoms with Gasteiger partial charge in [0.1, 0.15) is 12.4 Å². The Balaban J connectivity index is 1.58. The average molecular weight is 338 g/mol. The van der Waals surface area contributed by atoms with Gasteiger partial charge in [0, 0.05) is 5.02 Å². The fraction of sp³-hybridized carbons (Fsp3) is 0.235. The second kappa shape index (κ2) is 9.00. The van der Waals surface area contributed by atoms with E-state index >= 15 is 0 Å². The molecule has 0 aromatic heterocycles. The predicted molar refractivity (Wildman–Crippen MR) is 86.5 cm³/mol. The fourth-order valence-corrected chi connectivity index (χ4v) is 1.92. The molecule has 1 amide bonds. The summed E-state index contributed by atoms with van der Waals surface area (Å²) < 4.78 is 24.0. The van der Waals surface area contributed by atoms with Crippen LogP contribution in [0.4, 0.5) is 4.39 Å². The standard InChI is InChI=1S/C17H17ClFNO3/c18-13-5-7-14(8-6-13)22-12-10-20-17(21)9-11-23-16-4-2-1-3-15(16)19/h1-8H,9-12H2,(H,20,21). The molecule has 0 aliphatic heterocycles. The number of nitrogens with one attached hydrogen (secondary N) is 1. The van der Waals surface area contributed by atoms with Crippen LogP contribution >= 0.6 is 11.6 Å². The number of rotatable bonds is 8. The van der Waals surface area contributed by atoms with Gasteiger partial charge < -0.3 is 14.8 Å². The van der Waals surface area contributed by atoms with E-state index in [0.29, 0.717) is 23.9 Å². The van der Waals surface area contributed by atoms with Gasteiger partial charge in [0.2, 0.25) is 5.91 Å². The molecule has 6 heteroatoms. The Labute approximate surface area is 139 Å². The van der Waals surface area contributed by atoms with Crippen molar-refractivity contribution in [3.05, 3.63) is 59.4 Å². The second-order valence-corrected chi connectivity index (χ2v) is 5.12. The zero-order chi connectivity index (χ0) is 16.5. The molecule has 0 heterocycles. The van der Waals surface area contributed by atoms with E-state index in [1.807, 2.05) is 0 Å². The number of carbonyl (C=O) groups is 1. The van der Waals surface area contributed by atoms with Gasteiger partial charge in [0.15, 0.2) is 11.6 Å². The lowest BCUT2D eigenvalue weighted by Crippen LogP contribution is -2.29. The Morgan fingerprint density at radius 3 is 2.52 bits per heavy atom. The van der Waals surface area contributed by atoms with Crippen molar-refractivity contribution in [2.24, 2.45) is 0 Å². The van der Waals surface area contributed by atoms with Crippen LogP contribution in [0, 0.1) is 5.82 Å². The third-order valence-electron chi connectivity index (χ3n) is 2.93. The van der Waals surface area contributed by atoms with Gasteiger partial charge in [-0.2, -0.15) is 0 Å². The summed E-state index contributed by atoms with van der Waals surface area (Å²) in [5.74, 6) is 0.211. The quantitative estimate of drug-likeness (QED) is 0.751. The number of para-hydroxylation sites is 1. The molecule has 2 aromatic rings. The fourth-order valence-electron chi connectivity index (χ4n) is 1.79. The highest BCUT2D eigenvalue weighted by Crippen LogP contribution is 2.16. The van der Waals surface area contributed by atoms with Crippen molar-refractivity contribution in [1.29, 1.82) is 0 Å². The lowest BCUT2D eigenvalue weighted by Gasteiger charge is -2.09. The topological polar surface area (TPSA) is 47.6 Å². The monoisotopic (exact) mass is 337 g/mol. The highest BCUT2D eigenvalue weighted by Gasteiger charge is 2.04. The molecular weight excluding hydrogens is 321 g/mol. The summed E-state index contributed by atoms with van der Waals surface area (Å²) in [6, 6.07) is 13.1. The number of ether oxygens (including phenoxy) is 2. The van der Waals surface area contributed by atoms with E-state index in [9.17, 15) is 9.18 Å². The molecule has 0 atom stereocenters. The third kappa shape index (κ3) is 6.16. The van der Waals surface area contributed by atoms with Gasteiger partial charge in [-0.05, 0) is 36.4 Å². The largest absolute Gasteiger partial charge is 0.492 e. The number of amides is 1. The van der Waals surface area contributed by atoms with Crippen LogP contribution in [0.25, 0.3) is 0 Å². The molecule has 0 spiro atoms. The summed E-state index contributed by atoms with van der Waals surface area (Å²) in [7, 11) is 0. The van der Waals surface area contributed by atoms with Gasteiger partial charge in [-0.3, -0.25) is 4.79 Å². The maximum absolute atomic E-state index is 13.3. The third-order valence-corrected chi connectivity index (χ3v) is 3.18. The van der Waals surface area contributed by atoms with Crippen LogP contribution in [0.3, 0.4) is 0 Å². The van der Waals surface area contributed by atoms with Crippen LogP contribution in [-0.2, 0) is 4.79 Å². The highest BCUT2D eigenvalue weighted by molar-refractivity contribution is 6.30. The Bertz CT molecular complexity index is 634. The molecule has 0 fully saturated rings. The molecule has 0 aliphatic rings. The van der Waals surface area contributed by atoms with Gasteiger partial charge in [-0.1, -0.05) is 23.7 Å². The predicted octanol–water partition coefficient (Wildman–Crippen LogP) is 3.44. The molecule has 0 saturated carbocycles. The van der Waals surface area contributed by atoms with Crippen LogP contribution in [0.1, 0.15) is 6.42 Å². The molecule has 2 rings (SSSR count). The van der Waals surface area contributed by atoms with E-state index in [1.165, 1.54) is 12.1 Å². The summed E-state index contributed by atoms with van der Waals surface area (Å²) in [6.07, 6.45) is 0.148. The first-order valence-electron chi connectivity index (χ1n) is 7.17. The normalized spacial score (nSPS) is 10.2. The maximum atomic E-state index is 13.3. The van der Waals surface area contributed by atoms with Crippen LogP contribution in [0.2, 0.25) is 5.02 Å². The molecule has 0 aliphatic carbocycles. The summed E-state index contributed by atoms with van der Waals surface area (Å²) in [4.78, 5) is 11.6. The number of hydrogen-bond donors (Lipinski definition) is 1. The van der Waals surface area contributed by atoms with Crippen molar-refractivity contribution in [2.75, 3.05) is 19.8 Å². The molecule has 122 valence electrons. The van der Waals surface area contributed by atoms with Gasteiger partial charge in [-0.15, -0.1) is 0 Å². The van der Waals surface area contributed by atoms with Crippen molar-refractivity contribution in [1.82, 2.24) is 5.32 Å². The first kappa shape index (κ1) is 17.1. The maximum Gasteiger partial charge on any atom is 0.223 e. The Morgan fingerprint density at radius 1 is 1.04 bits per heavy atom. The molecule has 0 saturated heterocycles. The van der Waals surface area contributed by atoms with Gasteiger partial charge in [0.05, 0.1) is 19.6 Å². The summed E-state index contributed by atoms with van der Waals surface area (Å²) in [5.41, 5.74) is 0. The van der Waals surface area contributed by atoms with E-state index in [2.05, 4.69) is 5.32 Å². The lowest BCUT2D eigenvalue weighted by atomic mass is 10.3. The van der Waals surface area contributed by atoms with E-state index in [0.717, 1.165) is 0 Å². The van der Waals surface area contributed by atoms with E-state index < -0.39 is 5.82 Å². The first-order valence-corrected chi connectivity index (χ1v) is 7.55. The van der Waals surface area contributed by atoms with Crippen molar-refractivity contribution < 1.29 is 18.7 Å². The summed E-state index contributed by atoms with van der Waals surface area (Å²) >= 11 is 5.77. The number of hydrogen-bond acceptors (Lipinski definition) is 3. The van der Waals surface area contributed by atoms with Crippen molar-refractivity contribution in [3.63, 3.8) is 0 Å². The lowest BCUT2D eigenvalue weighted by molar-refractivity contribution is -0.121. The van der Waals surface area contributed by atoms with Crippen LogP contribution in [-0.4, -0.2) is 25.7 Å². The van der Waals surface area contributed by atoms with Gasteiger partial charge in [0.25, 0.3) is 0 Å². The van der Waals surface area contributed by atoms with Crippen LogP contribution in [0.5, 0.6) is 11.5 Å². The van der Waals surface area contributed by atoms with E-state index in [4.69, 9.17) is 21.1 Å². The number of carbonyl (C=O) groups excluding carboxylic acids is 1. The minimum absolute atomic E-state index is 0.116. The Kier molecular flexibility index (Phi) is 6.69. The average Bonchev–Trinajstić information content (AvgIpc) is 2.55. The van der Waals surface area contributed by atoms with Gasteiger partial charge in [-0.25, -0.2) is 4.39 Å². The minimum atomic E-state index is -0.440. The first-order chi connectivity index (χ1) is 11.1. The van der Waals surface area contributed by atoms with E-state index in [1.54, 1.807) is 36.4 Å². The minimum Gasteiger partial charge on any atom is -0.492 e. The molecule has 2 aromatic carbocycles. The smallest absolute Gasteiger partial charge is 0.223 e. The molecule has 1 N–H and O–H groups in total. The summed E-state index contributed by atoms with van der Waals surface area (Å²) in [6.45, 7) is 0.841. The molecular formula is C17H17ClFNO3. The van der Waals surface area contributed by atoms with Crippen molar-refractivity contribution in [2.45, 2.75) is 6.42 Å². The van der Waals surface area contributed by atoms with Gasteiger partial charge >= 0.3 is 0 Å². The molecule has 0 radical (unpaired) electrons. The molecule has 0 unspecified atom stereocenters. The second-order valence-electron chi connectivity index (χ2n) is 4.68. The zero-order valence-electron chi connectivity index (χ0n) is 12.4. The van der Waals surface area contributed by atoms with E-state index in [-0.39, 0.29) is 24.7 Å². The number of benzene rings is 2. The molecule has 4 nitrogen and oxygen atoms in total.